The van der Waals surface area contributed by atoms with Crippen LogP contribution in [0.4, 0.5) is 0 Å². The number of rotatable bonds is 5. The Morgan fingerprint density at radius 3 is 2.62 bits per heavy atom. The Labute approximate surface area is 132 Å². The topological polar surface area (TPSA) is 46.5 Å². The van der Waals surface area contributed by atoms with E-state index in [2.05, 4.69) is 15.9 Å². The number of ether oxygens (including phenoxy) is 1. The van der Waals surface area contributed by atoms with Crippen LogP contribution in [0.3, 0.4) is 0 Å². The summed E-state index contributed by atoms with van der Waals surface area (Å²) < 4.78 is 6.81. The normalized spacial score (nSPS) is 10.8. The van der Waals surface area contributed by atoms with Gasteiger partial charge in [-0.2, -0.15) is 0 Å². The Kier molecular flexibility index (Phi) is 5.17. The fraction of sp³-hybridized carbons (Fsp3) is 0.118. The van der Waals surface area contributed by atoms with E-state index in [1.54, 1.807) is 6.08 Å². The first kappa shape index (κ1) is 15.3. The van der Waals surface area contributed by atoms with Gasteiger partial charge in [-0.15, -0.1) is 0 Å². The summed E-state index contributed by atoms with van der Waals surface area (Å²) >= 11 is 3.39. The van der Waals surface area contributed by atoms with Gasteiger partial charge in [0.25, 0.3) is 0 Å². The first-order valence-electron chi connectivity index (χ1n) is 6.43. The molecule has 0 aliphatic rings. The molecule has 1 N–H and O–H groups in total. The van der Waals surface area contributed by atoms with Gasteiger partial charge in [-0.05, 0) is 42.8 Å². The van der Waals surface area contributed by atoms with Crippen LogP contribution in [0.25, 0.3) is 6.08 Å². The van der Waals surface area contributed by atoms with Gasteiger partial charge in [0, 0.05) is 16.1 Å². The van der Waals surface area contributed by atoms with E-state index in [4.69, 9.17) is 9.84 Å². The van der Waals surface area contributed by atoms with E-state index in [-0.39, 0.29) is 0 Å². The maximum atomic E-state index is 10.6. The van der Waals surface area contributed by atoms with Crippen LogP contribution in [0.2, 0.25) is 0 Å². The number of hydrogen-bond acceptors (Lipinski definition) is 2. The number of aryl methyl sites for hydroxylation is 1. The van der Waals surface area contributed by atoms with Crippen molar-refractivity contribution in [1.29, 1.82) is 0 Å². The standard InChI is InChI=1S/C17H15BrO3/c1-12-2-8-16(14(10-12)5-9-17(19)20)21-11-13-3-6-15(18)7-4-13/h2-10H,11H2,1H3,(H,19,20). The summed E-state index contributed by atoms with van der Waals surface area (Å²) in [5.41, 5.74) is 2.86. The largest absolute Gasteiger partial charge is 0.488 e. The van der Waals surface area contributed by atoms with Crippen molar-refractivity contribution in [1.82, 2.24) is 0 Å². The van der Waals surface area contributed by atoms with Crippen LogP contribution in [0.1, 0.15) is 16.7 Å². The van der Waals surface area contributed by atoms with Crippen LogP contribution < -0.4 is 4.74 Å². The average Bonchev–Trinajstić information content (AvgIpc) is 2.45. The number of halogens is 1. The van der Waals surface area contributed by atoms with Gasteiger partial charge in [-0.25, -0.2) is 4.79 Å². The van der Waals surface area contributed by atoms with Crippen molar-refractivity contribution in [3.05, 3.63) is 69.7 Å². The Morgan fingerprint density at radius 2 is 1.95 bits per heavy atom. The molecule has 0 saturated carbocycles. The Balaban J connectivity index is 2.15. The summed E-state index contributed by atoms with van der Waals surface area (Å²) in [5.74, 6) is -0.309. The van der Waals surface area contributed by atoms with Gasteiger partial charge >= 0.3 is 5.97 Å². The van der Waals surface area contributed by atoms with E-state index in [1.165, 1.54) is 0 Å². The fourth-order valence-electron chi connectivity index (χ4n) is 1.83. The smallest absolute Gasteiger partial charge is 0.328 e. The summed E-state index contributed by atoms with van der Waals surface area (Å²) in [4.78, 5) is 10.6. The number of benzene rings is 2. The second-order valence-electron chi connectivity index (χ2n) is 4.63. The molecule has 0 amide bonds. The molecule has 4 heteroatoms. The van der Waals surface area contributed by atoms with Gasteiger partial charge in [0.15, 0.2) is 0 Å². The molecule has 0 unspecified atom stereocenters. The third kappa shape index (κ3) is 4.76. The fourth-order valence-corrected chi connectivity index (χ4v) is 2.10. The van der Waals surface area contributed by atoms with Crippen LogP contribution in [-0.4, -0.2) is 11.1 Å². The minimum absolute atomic E-state index is 0.435. The van der Waals surface area contributed by atoms with E-state index < -0.39 is 5.97 Å². The quantitative estimate of drug-likeness (QED) is 0.814. The molecule has 0 aliphatic heterocycles. The van der Waals surface area contributed by atoms with Gasteiger partial charge in [0.1, 0.15) is 12.4 Å². The summed E-state index contributed by atoms with van der Waals surface area (Å²) in [6.07, 6.45) is 2.66. The Bertz CT molecular complexity index is 660. The second kappa shape index (κ2) is 7.09. The highest BCUT2D eigenvalue weighted by molar-refractivity contribution is 9.10. The first-order chi connectivity index (χ1) is 10.0. The predicted molar refractivity (Wildman–Crippen MR) is 86.3 cm³/mol. The number of hydrogen-bond donors (Lipinski definition) is 1. The molecule has 21 heavy (non-hydrogen) atoms. The molecule has 2 aromatic rings. The molecular formula is C17H15BrO3. The molecular weight excluding hydrogens is 332 g/mol. The maximum absolute atomic E-state index is 10.6. The molecule has 0 heterocycles. The van der Waals surface area contributed by atoms with E-state index in [0.717, 1.165) is 27.2 Å². The molecule has 0 aromatic heterocycles. The zero-order chi connectivity index (χ0) is 15.2. The van der Waals surface area contributed by atoms with Crippen molar-refractivity contribution in [2.24, 2.45) is 0 Å². The average molecular weight is 347 g/mol. The number of carbonyl (C=O) groups is 1. The van der Waals surface area contributed by atoms with Gasteiger partial charge in [0.05, 0.1) is 0 Å². The third-order valence-corrected chi connectivity index (χ3v) is 3.41. The molecule has 2 rings (SSSR count). The highest BCUT2D eigenvalue weighted by Gasteiger charge is 2.03. The molecule has 2 aromatic carbocycles. The predicted octanol–water partition coefficient (Wildman–Crippen LogP) is 4.43. The number of carboxylic acids is 1. The lowest BCUT2D eigenvalue weighted by Crippen LogP contribution is -1.97. The van der Waals surface area contributed by atoms with Crippen molar-refractivity contribution in [2.45, 2.75) is 13.5 Å². The lowest BCUT2D eigenvalue weighted by molar-refractivity contribution is -0.131. The molecule has 3 nitrogen and oxygen atoms in total. The highest BCUT2D eigenvalue weighted by Crippen LogP contribution is 2.23. The molecule has 0 radical (unpaired) electrons. The Morgan fingerprint density at radius 1 is 1.24 bits per heavy atom. The molecule has 108 valence electrons. The lowest BCUT2D eigenvalue weighted by atomic mass is 10.1. The molecule has 0 spiro atoms. The monoisotopic (exact) mass is 346 g/mol. The van der Waals surface area contributed by atoms with Crippen molar-refractivity contribution in [2.75, 3.05) is 0 Å². The Hall–Kier alpha value is -2.07. The minimum atomic E-state index is -0.977. The van der Waals surface area contributed by atoms with E-state index in [0.29, 0.717) is 12.4 Å². The zero-order valence-corrected chi connectivity index (χ0v) is 13.1. The van der Waals surface area contributed by atoms with Crippen molar-refractivity contribution in [3.8, 4) is 5.75 Å². The third-order valence-electron chi connectivity index (χ3n) is 2.88. The zero-order valence-electron chi connectivity index (χ0n) is 11.5. The highest BCUT2D eigenvalue weighted by atomic mass is 79.9. The SMILES string of the molecule is Cc1ccc(OCc2ccc(Br)cc2)c(C=CC(=O)O)c1. The van der Waals surface area contributed by atoms with E-state index in [1.807, 2.05) is 49.4 Å². The van der Waals surface area contributed by atoms with Crippen LogP contribution in [-0.2, 0) is 11.4 Å². The van der Waals surface area contributed by atoms with Gasteiger partial charge in [0.2, 0.25) is 0 Å². The van der Waals surface area contributed by atoms with Crippen molar-refractivity contribution >= 4 is 28.0 Å². The number of aliphatic carboxylic acids is 1. The van der Waals surface area contributed by atoms with Crippen LogP contribution in [0.15, 0.2) is 53.0 Å². The van der Waals surface area contributed by atoms with Crippen LogP contribution in [0.5, 0.6) is 5.75 Å². The minimum Gasteiger partial charge on any atom is -0.488 e. The molecule has 0 saturated heterocycles. The van der Waals surface area contributed by atoms with Gasteiger partial charge < -0.3 is 9.84 Å². The molecule has 0 aliphatic carbocycles. The maximum Gasteiger partial charge on any atom is 0.328 e. The van der Waals surface area contributed by atoms with E-state index in [9.17, 15) is 4.79 Å². The first-order valence-corrected chi connectivity index (χ1v) is 7.23. The van der Waals surface area contributed by atoms with Gasteiger partial charge in [-0.3, -0.25) is 0 Å². The summed E-state index contributed by atoms with van der Waals surface area (Å²) in [5, 5.41) is 8.74. The summed E-state index contributed by atoms with van der Waals surface area (Å²) in [7, 11) is 0. The van der Waals surface area contributed by atoms with Crippen LogP contribution in [0, 0.1) is 6.92 Å². The molecule has 0 atom stereocenters. The second-order valence-corrected chi connectivity index (χ2v) is 5.54. The molecule has 0 fully saturated rings. The van der Waals surface area contributed by atoms with Crippen LogP contribution >= 0.6 is 15.9 Å². The molecule has 0 bridgehead atoms. The van der Waals surface area contributed by atoms with E-state index >= 15 is 0 Å². The van der Waals surface area contributed by atoms with Crippen molar-refractivity contribution < 1.29 is 14.6 Å². The van der Waals surface area contributed by atoms with Gasteiger partial charge in [-0.1, -0.05) is 39.7 Å². The summed E-state index contributed by atoms with van der Waals surface area (Å²) in [6.45, 7) is 2.39. The lowest BCUT2D eigenvalue weighted by Gasteiger charge is -2.10. The number of carboxylic acid groups (broad SMARTS) is 1. The summed E-state index contributed by atoms with van der Waals surface area (Å²) in [6, 6.07) is 13.6. The van der Waals surface area contributed by atoms with Crippen molar-refractivity contribution in [3.63, 3.8) is 0 Å².